The van der Waals surface area contributed by atoms with E-state index >= 15 is 0 Å². The van der Waals surface area contributed by atoms with Crippen molar-refractivity contribution in [2.24, 2.45) is 0 Å². The average molecular weight is 225 g/mol. The molecule has 2 N–H and O–H groups in total. The van der Waals surface area contributed by atoms with E-state index < -0.39 is 0 Å². The number of benzene rings is 1. The fourth-order valence-corrected chi connectivity index (χ4v) is 1.39. The molecule has 1 aromatic carbocycles. The summed E-state index contributed by atoms with van der Waals surface area (Å²) in [5.74, 6) is -0.550. The van der Waals surface area contributed by atoms with Crippen molar-refractivity contribution in [2.45, 2.75) is 25.8 Å². The molecule has 0 fully saturated rings. The van der Waals surface area contributed by atoms with Gasteiger partial charge >= 0.3 is 0 Å². The van der Waals surface area contributed by atoms with Crippen LogP contribution in [0.15, 0.2) is 24.3 Å². The first kappa shape index (κ1) is 12.6. The summed E-state index contributed by atoms with van der Waals surface area (Å²) in [4.78, 5) is 11.5. The third-order valence-electron chi connectivity index (χ3n) is 2.33. The number of carbonyl (C=O) groups is 1. The Morgan fingerprint density at radius 1 is 1.56 bits per heavy atom. The fraction of sp³-hybridized carbons (Fsp3) is 0.417. The summed E-state index contributed by atoms with van der Waals surface area (Å²) in [6.07, 6.45) is 0.805. The van der Waals surface area contributed by atoms with Gasteiger partial charge in [0.15, 0.2) is 0 Å². The fourth-order valence-electron chi connectivity index (χ4n) is 1.39. The summed E-state index contributed by atoms with van der Waals surface area (Å²) in [5, 5.41) is 11.6. The van der Waals surface area contributed by atoms with Crippen molar-refractivity contribution in [2.75, 3.05) is 6.61 Å². The Morgan fingerprint density at radius 2 is 2.31 bits per heavy atom. The second-order valence-corrected chi connectivity index (χ2v) is 3.66. The minimum atomic E-state index is -0.348. The molecular weight excluding hydrogens is 209 g/mol. The van der Waals surface area contributed by atoms with Gasteiger partial charge in [0, 0.05) is 0 Å². The lowest BCUT2D eigenvalue weighted by Gasteiger charge is -2.13. The SMILES string of the molecule is CC[C@@H](CO)NC(=O)Cc1cccc(F)c1. The molecule has 1 amide bonds. The van der Waals surface area contributed by atoms with Crippen molar-refractivity contribution < 1.29 is 14.3 Å². The summed E-state index contributed by atoms with van der Waals surface area (Å²) in [7, 11) is 0. The summed E-state index contributed by atoms with van der Waals surface area (Å²) in [5.41, 5.74) is 0.630. The van der Waals surface area contributed by atoms with Crippen LogP contribution in [0.3, 0.4) is 0 Å². The van der Waals surface area contributed by atoms with E-state index in [-0.39, 0.29) is 30.8 Å². The predicted molar refractivity (Wildman–Crippen MR) is 59.4 cm³/mol. The second kappa shape index (κ2) is 6.23. The number of hydrogen-bond acceptors (Lipinski definition) is 2. The molecule has 4 heteroatoms. The summed E-state index contributed by atoms with van der Waals surface area (Å²) in [6, 6.07) is 5.72. The van der Waals surface area contributed by atoms with Crippen LogP contribution in [0.2, 0.25) is 0 Å². The van der Waals surface area contributed by atoms with Gasteiger partial charge in [0.05, 0.1) is 19.1 Å². The normalized spacial score (nSPS) is 12.2. The van der Waals surface area contributed by atoms with E-state index in [1.807, 2.05) is 6.92 Å². The molecule has 1 atom stereocenters. The Hall–Kier alpha value is -1.42. The third kappa shape index (κ3) is 3.98. The molecule has 0 spiro atoms. The number of amides is 1. The summed E-state index contributed by atoms with van der Waals surface area (Å²) in [6.45, 7) is 1.80. The van der Waals surface area contributed by atoms with E-state index in [0.29, 0.717) is 12.0 Å². The third-order valence-corrected chi connectivity index (χ3v) is 2.33. The number of aliphatic hydroxyl groups excluding tert-OH is 1. The van der Waals surface area contributed by atoms with Crippen LogP contribution in [0.5, 0.6) is 0 Å². The summed E-state index contributed by atoms with van der Waals surface area (Å²) < 4.78 is 12.8. The quantitative estimate of drug-likeness (QED) is 0.792. The Morgan fingerprint density at radius 3 is 2.88 bits per heavy atom. The van der Waals surface area contributed by atoms with Crippen molar-refractivity contribution >= 4 is 5.91 Å². The van der Waals surface area contributed by atoms with Gasteiger partial charge in [0.25, 0.3) is 0 Å². The molecule has 16 heavy (non-hydrogen) atoms. The molecule has 0 aliphatic carbocycles. The van der Waals surface area contributed by atoms with Gasteiger partial charge in [-0.25, -0.2) is 4.39 Å². The van der Waals surface area contributed by atoms with Crippen LogP contribution in [0.1, 0.15) is 18.9 Å². The molecule has 0 aliphatic rings. The molecule has 0 bridgehead atoms. The number of aliphatic hydroxyl groups is 1. The van der Waals surface area contributed by atoms with E-state index in [1.165, 1.54) is 12.1 Å². The first-order chi connectivity index (χ1) is 7.65. The molecule has 0 saturated heterocycles. The van der Waals surface area contributed by atoms with E-state index in [2.05, 4.69) is 5.32 Å². The molecule has 3 nitrogen and oxygen atoms in total. The Labute approximate surface area is 94.3 Å². The van der Waals surface area contributed by atoms with Crippen LogP contribution >= 0.6 is 0 Å². The van der Waals surface area contributed by atoms with Crippen molar-refractivity contribution in [3.63, 3.8) is 0 Å². The van der Waals surface area contributed by atoms with Crippen LogP contribution in [-0.2, 0) is 11.2 Å². The van der Waals surface area contributed by atoms with E-state index in [9.17, 15) is 9.18 Å². The highest BCUT2D eigenvalue weighted by Crippen LogP contribution is 2.04. The van der Waals surface area contributed by atoms with Crippen LogP contribution in [0.4, 0.5) is 4.39 Å². The zero-order valence-corrected chi connectivity index (χ0v) is 9.24. The first-order valence-electron chi connectivity index (χ1n) is 5.30. The topological polar surface area (TPSA) is 49.3 Å². The molecule has 0 saturated carbocycles. The highest BCUT2D eigenvalue weighted by atomic mass is 19.1. The maximum absolute atomic E-state index is 12.8. The lowest BCUT2D eigenvalue weighted by molar-refractivity contribution is -0.121. The molecule has 0 aliphatic heterocycles. The van der Waals surface area contributed by atoms with E-state index in [0.717, 1.165) is 0 Å². The predicted octanol–water partition coefficient (Wildman–Crippen LogP) is 1.26. The Balaban J connectivity index is 2.51. The monoisotopic (exact) mass is 225 g/mol. The van der Waals surface area contributed by atoms with Crippen LogP contribution < -0.4 is 5.32 Å². The van der Waals surface area contributed by atoms with Gasteiger partial charge in [-0.2, -0.15) is 0 Å². The largest absolute Gasteiger partial charge is 0.394 e. The highest BCUT2D eigenvalue weighted by Gasteiger charge is 2.09. The van der Waals surface area contributed by atoms with Gasteiger partial charge in [0.1, 0.15) is 5.82 Å². The molecule has 1 aromatic rings. The lowest BCUT2D eigenvalue weighted by Crippen LogP contribution is -2.37. The van der Waals surface area contributed by atoms with Gasteiger partial charge in [-0.05, 0) is 24.1 Å². The van der Waals surface area contributed by atoms with E-state index in [1.54, 1.807) is 12.1 Å². The minimum Gasteiger partial charge on any atom is -0.394 e. The molecule has 88 valence electrons. The van der Waals surface area contributed by atoms with Crippen molar-refractivity contribution in [1.29, 1.82) is 0 Å². The number of hydrogen-bond donors (Lipinski definition) is 2. The van der Waals surface area contributed by atoms with Crippen molar-refractivity contribution in [3.05, 3.63) is 35.6 Å². The zero-order valence-electron chi connectivity index (χ0n) is 9.24. The van der Waals surface area contributed by atoms with Crippen LogP contribution in [-0.4, -0.2) is 23.7 Å². The molecule has 0 aromatic heterocycles. The van der Waals surface area contributed by atoms with Gasteiger partial charge in [0.2, 0.25) is 5.91 Å². The van der Waals surface area contributed by atoms with Gasteiger partial charge < -0.3 is 10.4 Å². The molecular formula is C12H16FNO2. The van der Waals surface area contributed by atoms with Crippen LogP contribution in [0.25, 0.3) is 0 Å². The smallest absolute Gasteiger partial charge is 0.224 e. The van der Waals surface area contributed by atoms with Gasteiger partial charge in [-0.3, -0.25) is 4.79 Å². The molecule has 1 rings (SSSR count). The lowest BCUT2D eigenvalue weighted by atomic mass is 10.1. The first-order valence-corrected chi connectivity index (χ1v) is 5.30. The van der Waals surface area contributed by atoms with Crippen molar-refractivity contribution in [1.82, 2.24) is 5.32 Å². The van der Waals surface area contributed by atoms with Crippen LogP contribution in [0, 0.1) is 5.82 Å². The maximum Gasteiger partial charge on any atom is 0.224 e. The highest BCUT2D eigenvalue weighted by molar-refractivity contribution is 5.78. The van der Waals surface area contributed by atoms with Crippen molar-refractivity contribution in [3.8, 4) is 0 Å². The van der Waals surface area contributed by atoms with Gasteiger partial charge in [-0.15, -0.1) is 0 Å². The molecule has 0 radical (unpaired) electrons. The second-order valence-electron chi connectivity index (χ2n) is 3.66. The average Bonchev–Trinajstić information content (AvgIpc) is 2.26. The number of carbonyl (C=O) groups excluding carboxylic acids is 1. The minimum absolute atomic E-state index is 0.0780. The molecule has 0 unspecified atom stereocenters. The number of nitrogens with one attached hydrogen (secondary N) is 1. The number of rotatable bonds is 5. The Kier molecular flexibility index (Phi) is 4.92. The van der Waals surface area contributed by atoms with Gasteiger partial charge in [-0.1, -0.05) is 19.1 Å². The zero-order chi connectivity index (χ0) is 12.0. The number of halogens is 1. The summed E-state index contributed by atoms with van der Waals surface area (Å²) >= 11 is 0. The molecule has 0 heterocycles. The Bertz CT molecular complexity index is 351. The van der Waals surface area contributed by atoms with E-state index in [4.69, 9.17) is 5.11 Å². The standard InChI is InChI=1S/C12H16FNO2/c1-2-11(8-15)14-12(16)7-9-4-3-5-10(13)6-9/h3-6,11,15H,2,7-8H2,1H3,(H,14,16)/t11-/m0/s1. The maximum atomic E-state index is 12.8.